The van der Waals surface area contributed by atoms with E-state index in [-0.39, 0.29) is 23.4 Å². The van der Waals surface area contributed by atoms with E-state index in [0.29, 0.717) is 17.3 Å². The van der Waals surface area contributed by atoms with Gasteiger partial charge < -0.3 is 4.74 Å². The van der Waals surface area contributed by atoms with Crippen molar-refractivity contribution in [3.63, 3.8) is 0 Å². The number of rotatable bonds is 2. The molecule has 130 valence electrons. The van der Waals surface area contributed by atoms with E-state index < -0.39 is 0 Å². The van der Waals surface area contributed by atoms with Crippen LogP contribution in [0.3, 0.4) is 0 Å². The van der Waals surface area contributed by atoms with Crippen molar-refractivity contribution in [2.24, 2.45) is 40.4 Å². The predicted octanol–water partition coefficient (Wildman–Crippen LogP) is 5.21. The van der Waals surface area contributed by atoms with Crippen molar-refractivity contribution in [2.75, 3.05) is 0 Å². The lowest BCUT2D eigenvalue weighted by atomic mass is 9.58. The Kier molecular flexibility index (Phi) is 3.63. The molecule has 0 aromatic carbocycles. The zero-order valence-electron chi connectivity index (χ0n) is 15.4. The van der Waals surface area contributed by atoms with Crippen molar-refractivity contribution in [3.05, 3.63) is 0 Å². The van der Waals surface area contributed by atoms with E-state index in [2.05, 4.69) is 27.7 Å². The minimum Gasteiger partial charge on any atom is -0.462 e. The molecule has 4 saturated carbocycles. The van der Waals surface area contributed by atoms with Gasteiger partial charge in [0.1, 0.15) is 6.10 Å². The zero-order chi connectivity index (χ0) is 16.4. The fourth-order valence-electron chi connectivity index (χ4n) is 6.82. The number of esters is 1. The molecule has 4 fully saturated rings. The third-order valence-electron chi connectivity index (χ3n) is 9.02. The highest BCUT2D eigenvalue weighted by Gasteiger charge is 2.59. The van der Waals surface area contributed by atoms with Crippen LogP contribution in [-0.2, 0) is 9.53 Å². The zero-order valence-corrected chi connectivity index (χ0v) is 15.4. The Morgan fingerprint density at radius 3 is 2.57 bits per heavy atom. The van der Waals surface area contributed by atoms with Gasteiger partial charge in [0.2, 0.25) is 0 Å². The van der Waals surface area contributed by atoms with E-state index in [4.69, 9.17) is 4.74 Å². The quantitative estimate of drug-likeness (QED) is 0.654. The van der Waals surface area contributed by atoms with Gasteiger partial charge in [-0.05, 0) is 67.6 Å². The third-order valence-corrected chi connectivity index (χ3v) is 9.02. The van der Waals surface area contributed by atoms with Gasteiger partial charge in [0, 0.05) is 5.41 Å². The van der Waals surface area contributed by atoms with E-state index >= 15 is 0 Å². The maximum Gasteiger partial charge on any atom is 0.309 e. The van der Waals surface area contributed by atoms with Gasteiger partial charge in [-0.15, -0.1) is 0 Å². The molecule has 4 bridgehead atoms. The maximum atomic E-state index is 13.0. The van der Waals surface area contributed by atoms with Gasteiger partial charge in [-0.1, -0.05) is 40.5 Å². The first kappa shape index (κ1) is 16.0. The standard InChI is InChI=1S/C21H34O2/c1-13-5-6-14-11-16(13)17(12-14)19(22)23-18-8-7-15-9-10-21(18,4)20(15,2)3/h13-18H,5-12H2,1-4H3. The molecule has 4 rings (SSSR count). The molecule has 7 unspecified atom stereocenters. The van der Waals surface area contributed by atoms with Crippen LogP contribution in [0.5, 0.6) is 0 Å². The summed E-state index contributed by atoms with van der Waals surface area (Å²) >= 11 is 0. The van der Waals surface area contributed by atoms with Crippen LogP contribution in [0.15, 0.2) is 0 Å². The van der Waals surface area contributed by atoms with Gasteiger partial charge in [0.25, 0.3) is 0 Å². The second-order valence-electron chi connectivity index (χ2n) is 10.0. The van der Waals surface area contributed by atoms with Gasteiger partial charge in [-0.25, -0.2) is 0 Å². The number of fused-ring (bicyclic) bond motifs is 4. The van der Waals surface area contributed by atoms with Crippen LogP contribution in [0.2, 0.25) is 0 Å². The molecule has 0 aromatic heterocycles. The largest absolute Gasteiger partial charge is 0.462 e. The maximum absolute atomic E-state index is 13.0. The molecule has 2 heteroatoms. The fourth-order valence-corrected chi connectivity index (χ4v) is 6.82. The van der Waals surface area contributed by atoms with E-state index in [1.54, 1.807) is 0 Å². The van der Waals surface area contributed by atoms with E-state index in [1.165, 1.54) is 38.5 Å². The average Bonchev–Trinajstić information content (AvgIpc) is 2.90. The normalized spacial score (nSPS) is 50.8. The summed E-state index contributed by atoms with van der Waals surface area (Å²) in [6.45, 7) is 9.56. The fraction of sp³-hybridized carbons (Fsp3) is 0.952. The van der Waals surface area contributed by atoms with Crippen LogP contribution in [0, 0.1) is 40.4 Å². The molecule has 4 aliphatic rings. The van der Waals surface area contributed by atoms with Crippen LogP contribution in [0.4, 0.5) is 0 Å². The van der Waals surface area contributed by atoms with Crippen LogP contribution < -0.4 is 0 Å². The Labute approximate surface area is 141 Å². The topological polar surface area (TPSA) is 26.3 Å². The molecule has 0 aliphatic heterocycles. The second kappa shape index (κ2) is 5.23. The van der Waals surface area contributed by atoms with Gasteiger partial charge in [0.05, 0.1) is 5.92 Å². The van der Waals surface area contributed by atoms with Gasteiger partial charge in [-0.3, -0.25) is 4.79 Å². The monoisotopic (exact) mass is 318 g/mol. The number of hydrogen-bond acceptors (Lipinski definition) is 2. The lowest BCUT2D eigenvalue weighted by Gasteiger charge is -2.50. The molecular weight excluding hydrogens is 284 g/mol. The number of carbonyl (C=O) groups is 1. The highest BCUT2D eigenvalue weighted by Crippen LogP contribution is 2.63. The molecule has 0 N–H and O–H groups in total. The third kappa shape index (κ3) is 2.23. The highest BCUT2D eigenvalue weighted by molar-refractivity contribution is 5.73. The number of ether oxygens (including phenoxy) is 1. The Bertz CT molecular complexity index is 496. The molecule has 4 aliphatic carbocycles. The van der Waals surface area contributed by atoms with Crippen LogP contribution in [-0.4, -0.2) is 12.1 Å². The summed E-state index contributed by atoms with van der Waals surface area (Å²) < 4.78 is 6.26. The lowest BCUT2D eigenvalue weighted by molar-refractivity contribution is -0.174. The van der Waals surface area contributed by atoms with Gasteiger partial charge in [0.15, 0.2) is 0 Å². The summed E-state index contributed by atoms with van der Waals surface area (Å²) in [5, 5.41) is 0. The summed E-state index contributed by atoms with van der Waals surface area (Å²) in [7, 11) is 0. The predicted molar refractivity (Wildman–Crippen MR) is 91.8 cm³/mol. The van der Waals surface area contributed by atoms with Crippen molar-refractivity contribution >= 4 is 5.97 Å². The minimum atomic E-state index is 0.152. The first-order valence-corrected chi connectivity index (χ1v) is 10.0. The lowest BCUT2D eigenvalue weighted by Crippen LogP contribution is -2.49. The summed E-state index contributed by atoms with van der Waals surface area (Å²) in [6, 6.07) is 0. The molecule has 2 nitrogen and oxygen atoms in total. The van der Waals surface area contributed by atoms with E-state index in [9.17, 15) is 4.79 Å². The molecule has 0 radical (unpaired) electrons. The summed E-state index contributed by atoms with van der Waals surface area (Å²) in [5.41, 5.74) is 0.500. The van der Waals surface area contributed by atoms with Gasteiger partial charge >= 0.3 is 5.97 Å². The van der Waals surface area contributed by atoms with Crippen molar-refractivity contribution in [1.82, 2.24) is 0 Å². The number of carbonyl (C=O) groups excluding carboxylic acids is 1. The first-order chi connectivity index (χ1) is 10.8. The van der Waals surface area contributed by atoms with Crippen molar-refractivity contribution in [1.29, 1.82) is 0 Å². The molecule has 0 saturated heterocycles. The van der Waals surface area contributed by atoms with E-state index in [1.807, 2.05) is 0 Å². The average molecular weight is 319 g/mol. The molecule has 23 heavy (non-hydrogen) atoms. The Morgan fingerprint density at radius 1 is 1.00 bits per heavy atom. The molecule has 7 atom stereocenters. The molecule has 0 amide bonds. The van der Waals surface area contributed by atoms with Crippen molar-refractivity contribution in [3.8, 4) is 0 Å². The number of hydrogen-bond donors (Lipinski definition) is 0. The first-order valence-electron chi connectivity index (χ1n) is 10.0. The smallest absolute Gasteiger partial charge is 0.309 e. The molecule has 0 spiro atoms. The van der Waals surface area contributed by atoms with Crippen molar-refractivity contribution in [2.45, 2.75) is 85.2 Å². The van der Waals surface area contributed by atoms with Crippen LogP contribution >= 0.6 is 0 Å². The van der Waals surface area contributed by atoms with Crippen LogP contribution in [0.25, 0.3) is 0 Å². The summed E-state index contributed by atoms with van der Waals surface area (Å²) in [6.07, 6.45) is 10.1. The van der Waals surface area contributed by atoms with Crippen molar-refractivity contribution < 1.29 is 9.53 Å². The molecular formula is C21H34O2. The van der Waals surface area contributed by atoms with Crippen LogP contribution in [0.1, 0.15) is 79.1 Å². The van der Waals surface area contributed by atoms with E-state index in [0.717, 1.165) is 24.7 Å². The summed E-state index contributed by atoms with van der Waals surface area (Å²) in [5.74, 6) is 3.28. The SMILES string of the molecule is CC1CCC2CC(C(=O)OC3CCC4CCC3(C)C4(C)C)C1C2. The molecule has 0 aromatic rings. The summed E-state index contributed by atoms with van der Waals surface area (Å²) in [4.78, 5) is 13.0. The Morgan fingerprint density at radius 2 is 1.78 bits per heavy atom. The Balaban J connectivity index is 1.49. The van der Waals surface area contributed by atoms with Gasteiger partial charge in [-0.2, -0.15) is 0 Å². The minimum absolute atomic E-state index is 0.152. The Hall–Kier alpha value is -0.530. The highest BCUT2D eigenvalue weighted by atomic mass is 16.5. The second-order valence-corrected chi connectivity index (χ2v) is 10.0. The molecule has 0 heterocycles.